The SMILES string of the molecule is COc1ccc(C(=O)C2CCN(c3cccc(F)c3C#N)CC2)cc1. The highest BCUT2D eigenvalue weighted by Gasteiger charge is 2.27. The molecule has 1 aliphatic rings. The van der Waals surface area contributed by atoms with Gasteiger partial charge in [0.25, 0.3) is 0 Å². The van der Waals surface area contributed by atoms with Crippen LogP contribution in [0.3, 0.4) is 0 Å². The van der Waals surface area contributed by atoms with Crippen molar-refractivity contribution in [2.45, 2.75) is 12.8 Å². The Morgan fingerprint density at radius 3 is 2.48 bits per heavy atom. The summed E-state index contributed by atoms with van der Waals surface area (Å²) in [5, 5.41) is 9.18. The maximum atomic E-state index is 13.8. The van der Waals surface area contributed by atoms with Crippen molar-refractivity contribution in [1.82, 2.24) is 0 Å². The Labute approximate surface area is 146 Å². The van der Waals surface area contributed by atoms with Gasteiger partial charge in [0, 0.05) is 24.6 Å². The van der Waals surface area contributed by atoms with Gasteiger partial charge in [-0.3, -0.25) is 4.79 Å². The third-order valence-corrected chi connectivity index (χ3v) is 4.68. The first-order valence-corrected chi connectivity index (χ1v) is 8.26. The average molecular weight is 338 g/mol. The van der Waals surface area contributed by atoms with Gasteiger partial charge >= 0.3 is 0 Å². The van der Waals surface area contributed by atoms with Crippen molar-refractivity contribution in [1.29, 1.82) is 5.26 Å². The largest absolute Gasteiger partial charge is 0.497 e. The first kappa shape index (κ1) is 17.0. The molecule has 1 aliphatic heterocycles. The summed E-state index contributed by atoms with van der Waals surface area (Å²) in [5.74, 6) is 0.295. The molecule has 128 valence electrons. The monoisotopic (exact) mass is 338 g/mol. The van der Waals surface area contributed by atoms with Gasteiger partial charge in [-0.15, -0.1) is 0 Å². The third kappa shape index (κ3) is 3.48. The summed E-state index contributed by atoms with van der Waals surface area (Å²) in [5.41, 5.74) is 1.36. The number of benzene rings is 2. The summed E-state index contributed by atoms with van der Waals surface area (Å²) in [6.45, 7) is 1.26. The van der Waals surface area contributed by atoms with Crippen LogP contribution in [0, 0.1) is 23.1 Å². The van der Waals surface area contributed by atoms with Crippen LogP contribution in [0.1, 0.15) is 28.8 Å². The van der Waals surface area contributed by atoms with Gasteiger partial charge in [0.1, 0.15) is 23.2 Å². The summed E-state index contributed by atoms with van der Waals surface area (Å²) < 4.78 is 18.9. The Morgan fingerprint density at radius 1 is 1.20 bits per heavy atom. The molecule has 0 radical (unpaired) electrons. The van der Waals surface area contributed by atoms with Gasteiger partial charge in [-0.05, 0) is 49.2 Å². The lowest BCUT2D eigenvalue weighted by molar-refractivity contribution is 0.0900. The second-order valence-corrected chi connectivity index (χ2v) is 6.10. The second kappa shape index (κ2) is 7.35. The second-order valence-electron chi connectivity index (χ2n) is 6.10. The van der Waals surface area contributed by atoms with Crippen molar-refractivity contribution in [3.8, 4) is 11.8 Å². The minimum atomic E-state index is -0.503. The highest BCUT2D eigenvalue weighted by Crippen LogP contribution is 2.29. The van der Waals surface area contributed by atoms with Crippen LogP contribution in [0.5, 0.6) is 5.75 Å². The minimum Gasteiger partial charge on any atom is -0.497 e. The molecule has 1 heterocycles. The highest BCUT2D eigenvalue weighted by molar-refractivity contribution is 5.98. The normalized spacial score (nSPS) is 14.8. The molecule has 5 heteroatoms. The van der Waals surface area contributed by atoms with Crippen molar-refractivity contribution >= 4 is 11.5 Å². The van der Waals surface area contributed by atoms with Gasteiger partial charge in [-0.2, -0.15) is 5.26 Å². The summed E-state index contributed by atoms with van der Waals surface area (Å²) in [6.07, 6.45) is 1.37. The number of nitriles is 1. The smallest absolute Gasteiger partial charge is 0.166 e. The van der Waals surface area contributed by atoms with E-state index < -0.39 is 5.82 Å². The fraction of sp³-hybridized carbons (Fsp3) is 0.300. The molecule has 0 saturated carbocycles. The predicted molar refractivity (Wildman–Crippen MR) is 93.4 cm³/mol. The summed E-state index contributed by atoms with van der Waals surface area (Å²) in [4.78, 5) is 14.6. The molecule has 0 atom stereocenters. The van der Waals surface area contributed by atoms with Gasteiger partial charge < -0.3 is 9.64 Å². The number of hydrogen-bond donors (Lipinski definition) is 0. The quantitative estimate of drug-likeness (QED) is 0.796. The van der Waals surface area contributed by atoms with Crippen LogP contribution in [-0.2, 0) is 0 Å². The van der Waals surface area contributed by atoms with Crippen LogP contribution in [-0.4, -0.2) is 26.0 Å². The fourth-order valence-electron chi connectivity index (χ4n) is 3.26. The number of carbonyl (C=O) groups is 1. The maximum absolute atomic E-state index is 13.8. The van der Waals surface area contributed by atoms with Crippen molar-refractivity contribution in [3.63, 3.8) is 0 Å². The average Bonchev–Trinajstić information content (AvgIpc) is 2.67. The lowest BCUT2D eigenvalue weighted by atomic mass is 9.88. The van der Waals surface area contributed by atoms with Crippen LogP contribution in [0.25, 0.3) is 0 Å². The zero-order chi connectivity index (χ0) is 17.8. The Kier molecular flexibility index (Phi) is 4.99. The van der Waals surface area contributed by atoms with Crippen LogP contribution >= 0.6 is 0 Å². The van der Waals surface area contributed by atoms with E-state index in [1.54, 1.807) is 43.5 Å². The van der Waals surface area contributed by atoms with E-state index in [0.29, 0.717) is 37.2 Å². The van der Waals surface area contributed by atoms with E-state index in [4.69, 9.17) is 4.74 Å². The molecule has 4 nitrogen and oxygen atoms in total. The molecular weight excluding hydrogens is 319 g/mol. The fourth-order valence-corrected chi connectivity index (χ4v) is 3.26. The van der Waals surface area contributed by atoms with E-state index >= 15 is 0 Å². The number of piperidine rings is 1. The van der Waals surface area contributed by atoms with Crippen molar-refractivity contribution in [2.24, 2.45) is 5.92 Å². The Balaban J connectivity index is 1.68. The molecule has 0 aliphatic carbocycles. The number of halogens is 1. The standard InChI is InChI=1S/C20H19FN2O2/c1-25-16-7-5-14(6-8-16)20(24)15-9-11-23(12-10-15)19-4-2-3-18(21)17(19)13-22/h2-8,15H,9-12H2,1H3. The van der Waals surface area contributed by atoms with Crippen LogP contribution in [0.2, 0.25) is 0 Å². The molecule has 0 unspecified atom stereocenters. The third-order valence-electron chi connectivity index (χ3n) is 4.68. The van der Waals surface area contributed by atoms with Crippen molar-refractivity contribution in [2.75, 3.05) is 25.1 Å². The van der Waals surface area contributed by atoms with E-state index in [9.17, 15) is 14.4 Å². The molecule has 0 N–H and O–H groups in total. The molecule has 0 amide bonds. The van der Waals surface area contributed by atoms with Gasteiger partial charge in [-0.25, -0.2) is 4.39 Å². The number of Topliss-reactive ketones (excluding diaryl/α,β-unsaturated/α-hetero) is 1. The van der Waals surface area contributed by atoms with Crippen LogP contribution < -0.4 is 9.64 Å². The number of hydrogen-bond acceptors (Lipinski definition) is 4. The molecule has 1 saturated heterocycles. The Morgan fingerprint density at radius 2 is 1.88 bits per heavy atom. The Bertz CT molecular complexity index is 803. The first-order valence-electron chi connectivity index (χ1n) is 8.26. The van der Waals surface area contributed by atoms with Gasteiger partial charge in [0.2, 0.25) is 0 Å². The molecule has 25 heavy (non-hydrogen) atoms. The predicted octanol–water partition coefficient (Wildman–Crippen LogP) is 3.81. The van der Waals surface area contributed by atoms with Crippen molar-refractivity contribution in [3.05, 3.63) is 59.4 Å². The number of rotatable bonds is 4. The summed E-state index contributed by atoms with van der Waals surface area (Å²) in [6, 6.07) is 13.7. The molecule has 1 fully saturated rings. The number of anilines is 1. The number of nitrogens with zero attached hydrogens (tertiary/aromatic N) is 2. The number of methoxy groups -OCH3 is 1. The molecule has 0 spiro atoms. The maximum Gasteiger partial charge on any atom is 0.166 e. The summed E-state index contributed by atoms with van der Waals surface area (Å²) in [7, 11) is 1.59. The lowest BCUT2D eigenvalue weighted by Crippen LogP contribution is -2.36. The Hall–Kier alpha value is -2.87. The molecular formula is C20H19FN2O2. The molecule has 0 bridgehead atoms. The minimum absolute atomic E-state index is 0.0521. The van der Waals surface area contributed by atoms with E-state index in [2.05, 4.69) is 0 Å². The van der Waals surface area contributed by atoms with Gasteiger partial charge in [0.05, 0.1) is 12.8 Å². The summed E-state index contributed by atoms with van der Waals surface area (Å²) >= 11 is 0. The lowest BCUT2D eigenvalue weighted by Gasteiger charge is -2.33. The van der Waals surface area contributed by atoms with E-state index in [-0.39, 0.29) is 17.3 Å². The first-order chi connectivity index (χ1) is 12.1. The van der Waals surface area contributed by atoms with Crippen LogP contribution in [0.4, 0.5) is 10.1 Å². The highest BCUT2D eigenvalue weighted by atomic mass is 19.1. The van der Waals surface area contributed by atoms with E-state index in [0.717, 1.165) is 5.75 Å². The molecule has 0 aromatic heterocycles. The van der Waals surface area contributed by atoms with E-state index in [1.165, 1.54) is 6.07 Å². The molecule has 2 aromatic carbocycles. The zero-order valence-electron chi connectivity index (χ0n) is 14.0. The van der Waals surface area contributed by atoms with E-state index in [1.807, 2.05) is 11.0 Å². The number of carbonyl (C=O) groups excluding carboxylic acids is 1. The van der Waals surface area contributed by atoms with Crippen LogP contribution in [0.15, 0.2) is 42.5 Å². The number of ketones is 1. The zero-order valence-corrected chi connectivity index (χ0v) is 14.0. The van der Waals surface area contributed by atoms with Crippen molar-refractivity contribution < 1.29 is 13.9 Å². The van der Waals surface area contributed by atoms with Gasteiger partial charge in [0.15, 0.2) is 5.78 Å². The molecule has 3 rings (SSSR count). The molecule has 2 aromatic rings. The van der Waals surface area contributed by atoms with Gasteiger partial charge in [-0.1, -0.05) is 6.07 Å². The topological polar surface area (TPSA) is 53.3 Å². The number of ether oxygens (including phenoxy) is 1.